The minimum absolute atomic E-state index is 0.118. The largest absolute Gasteiger partial charge is 0.466 e. The summed E-state index contributed by atoms with van der Waals surface area (Å²) < 4.78 is 12.4. The first-order valence-corrected chi connectivity index (χ1v) is 10.9. The second-order valence-electron chi connectivity index (χ2n) is 10.1. The zero-order valence-corrected chi connectivity index (χ0v) is 18.9. The Morgan fingerprint density at radius 2 is 1.73 bits per heavy atom. The predicted molar refractivity (Wildman–Crippen MR) is 112 cm³/mol. The molecule has 0 spiro atoms. The second kappa shape index (κ2) is 7.47. The molecule has 0 saturated heterocycles. The summed E-state index contributed by atoms with van der Waals surface area (Å²) in [6.45, 7) is 12.1. The van der Waals surface area contributed by atoms with Gasteiger partial charge in [0.05, 0.1) is 4.47 Å². The van der Waals surface area contributed by atoms with Crippen LogP contribution in [0.4, 0.5) is 0 Å². The van der Waals surface area contributed by atoms with Gasteiger partial charge >= 0.3 is 0 Å². The molecule has 2 unspecified atom stereocenters. The van der Waals surface area contributed by atoms with Crippen LogP contribution in [0.1, 0.15) is 77.8 Å². The van der Waals surface area contributed by atoms with Gasteiger partial charge in [0.1, 0.15) is 5.75 Å². The molecule has 1 aromatic rings. The first-order chi connectivity index (χ1) is 12.1. The van der Waals surface area contributed by atoms with E-state index < -0.39 is 0 Å². The van der Waals surface area contributed by atoms with E-state index in [1.165, 1.54) is 43.2 Å². The molecule has 2 aliphatic carbocycles. The topological polar surface area (TPSA) is 18.5 Å². The molecule has 0 amide bonds. The number of hydrogen-bond donors (Lipinski definition) is 0. The SMILES string of the molecule is COCOc1c(Br)cc(C(C)(C)C)cc1C1(C)CC2CC(C)CC(C2)C1. The van der Waals surface area contributed by atoms with Gasteiger partial charge in [0.2, 0.25) is 0 Å². The minimum Gasteiger partial charge on any atom is -0.466 e. The van der Waals surface area contributed by atoms with Gasteiger partial charge in [-0.15, -0.1) is 0 Å². The third-order valence-corrected chi connectivity index (χ3v) is 7.09. The minimum atomic E-state index is 0.118. The Bertz CT molecular complexity index is 628. The van der Waals surface area contributed by atoms with Gasteiger partial charge in [-0.2, -0.15) is 0 Å². The Morgan fingerprint density at radius 3 is 2.27 bits per heavy atom. The summed E-state index contributed by atoms with van der Waals surface area (Å²) in [6.07, 6.45) is 6.75. The van der Waals surface area contributed by atoms with Crippen molar-refractivity contribution in [3.63, 3.8) is 0 Å². The number of ether oxygens (including phenoxy) is 2. The summed E-state index contributed by atoms with van der Waals surface area (Å²) in [7, 11) is 1.69. The maximum absolute atomic E-state index is 6.08. The number of benzene rings is 1. The molecule has 1 aromatic carbocycles. The van der Waals surface area contributed by atoms with Crippen LogP contribution >= 0.6 is 15.9 Å². The summed E-state index contributed by atoms with van der Waals surface area (Å²) in [5.74, 6) is 3.58. The first-order valence-electron chi connectivity index (χ1n) is 10.1. The molecular formula is C23H35BrO2. The summed E-state index contributed by atoms with van der Waals surface area (Å²) in [4.78, 5) is 0. The van der Waals surface area contributed by atoms with Crippen molar-refractivity contribution >= 4 is 15.9 Å². The molecule has 2 saturated carbocycles. The molecular weight excluding hydrogens is 388 g/mol. The van der Waals surface area contributed by atoms with Gasteiger partial charge in [0.25, 0.3) is 0 Å². The molecule has 2 aliphatic rings. The third kappa shape index (κ3) is 4.14. The number of hydrogen-bond acceptors (Lipinski definition) is 2. The van der Waals surface area contributed by atoms with Gasteiger partial charge in [-0.05, 0) is 88.2 Å². The molecule has 2 fully saturated rings. The monoisotopic (exact) mass is 422 g/mol. The van der Waals surface area contributed by atoms with Crippen LogP contribution in [-0.4, -0.2) is 13.9 Å². The Balaban J connectivity index is 2.04. The maximum atomic E-state index is 6.08. The molecule has 0 radical (unpaired) electrons. The van der Waals surface area contributed by atoms with E-state index in [4.69, 9.17) is 9.47 Å². The fourth-order valence-corrected chi connectivity index (χ4v) is 6.12. The predicted octanol–water partition coefficient (Wildman–Crippen LogP) is 6.83. The van der Waals surface area contributed by atoms with Gasteiger partial charge in [-0.3, -0.25) is 0 Å². The Hall–Kier alpha value is -0.540. The van der Waals surface area contributed by atoms with Crippen molar-refractivity contribution in [2.75, 3.05) is 13.9 Å². The van der Waals surface area contributed by atoms with Crippen LogP contribution in [0, 0.1) is 17.8 Å². The van der Waals surface area contributed by atoms with E-state index >= 15 is 0 Å². The molecule has 3 rings (SSSR count). The Morgan fingerprint density at radius 1 is 1.12 bits per heavy atom. The molecule has 0 aliphatic heterocycles. The molecule has 0 heterocycles. The van der Waals surface area contributed by atoms with Crippen molar-refractivity contribution in [3.05, 3.63) is 27.7 Å². The number of halogens is 1. The van der Waals surface area contributed by atoms with Gasteiger partial charge in [0.15, 0.2) is 6.79 Å². The van der Waals surface area contributed by atoms with Crippen LogP contribution in [0.3, 0.4) is 0 Å². The van der Waals surface area contributed by atoms with E-state index in [0.717, 1.165) is 28.0 Å². The fraction of sp³-hybridized carbons (Fsp3) is 0.739. The lowest BCUT2D eigenvalue weighted by atomic mass is 9.57. The molecule has 2 nitrogen and oxygen atoms in total. The summed E-state index contributed by atoms with van der Waals surface area (Å²) in [5.41, 5.74) is 3.04. The number of fused-ring (bicyclic) bond motifs is 2. The fourth-order valence-electron chi connectivity index (χ4n) is 5.55. The van der Waals surface area contributed by atoms with E-state index in [0.29, 0.717) is 6.79 Å². The highest BCUT2D eigenvalue weighted by Gasteiger charge is 2.43. The van der Waals surface area contributed by atoms with Crippen LogP contribution < -0.4 is 4.74 Å². The number of methoxy groups -OCH3 is 1. The van der Waals surface area contributed by atoms with Gasteiger partial charge in [0, 0.05) is 12.7 Å². The summed E-state index contributed by atoms with van der Waals surface area (Å²) in [6, 6.07) is 4.64. The quantitative estimate of drug-likeness (QED) is 0.494. The second-order valence-corrected chi connectivity index (χ2v) is 11.0. The first kappa shape index (κ1) is 20.2. The van der Waals surface area contributed by atoms with E-state index in [1.807, 2.05) is 0 Å². The average molecular weight is 423 g/mol. The van der Waals surface area contributed by atoms with E-state index in [9.17, 15) is 0 Å². The molecule has 0 N–H and O–H groups in total. The van der Waals surface area contributed by atoms with Crippen molar-refractivity contribution in [1.29, 1.82) is 0 Å². The van der Waals surface area contributed by atoms with Crippen molar-refractivity contribution in [2.24, 2.45) is 17.8 Å². The number of rotatable bonds is 4. The van der Waals surface area contributed by atoms with Crippen LogP contribution in [0.5, 0.6) is 5.75 Å². The third-order valence-electron chi connectivity index (χ3n) is 6.50. The van der Waals surface area contributed by atoms with Crippen molar-refractivity contribution in [2.45, 2.75) is 77.6 Å². The van der Waals surface area contributed by atoms with E-state index in [1.54, 1.807) is 7.11 Å². The molecule has 0 aromatic heterocycles. The van der Waals surface area contributed by atoms with Crippen molar-refractivity contribution < 1.29 is 9.47 Å². The summed E-state index contributed by atoms with van der Waals surface area (Å²) in [5, 5.41) is 0. The van der Waals surface area contributed by atoms with Gasteiger partial charge in [-0.1, -0.05) is 40.7 Å². The van der Waals surface area contributed by atoms with Crippen LogP contribution in [0.2, 0.25) is 0 Å². The van der Waals surface area contributed by atoms with E-state index in [2.05, 4.69) is 62.7 Å². The molecule has 2 bridgehead atoms. The standard InChI is InChI=1S/C23H35BrO2/c1-15-7-16-9-17(8-15)13-23(5,12-16)19-10-18(22(2,3)4)11-20(24)21(19)26-14-25-6/h10-11,15-17H,7-9,12-14H2,1-6H3. The molecule has 26 heavy (non-hydrogen) atoms. The lowest BCUT2D eigenvalue weighted by Crippen LogP contribution is -2.39. The smallest absolute Gasteiger partial charge is 0.188 e. The average Bonchev–Trinajstić information content (AvgIpc) is 2.50. The van der Waals surface area contributed by atoms with Crippen LogP contribution in [0.15, 0.2) is 16.6 Å². The van der Waals surface area contributed by atoms with Crippen molar-refractivity contribution in [3.8, 4) is 5.75 Å². The Kier molecular flexibility index (Phi) is 5.80. The highest BCUT2D eigenvalue weighted by atomic mass is 79.9. The molecule has 146 valence electrons. The lowest BCUT2D eigenvalue weighted by molar-refractivity contribution is 0.0455. The van der Waals surface area contributed by atoms with Gasteiger partial charge < -0.3 is 9.47 Å². The Labute approximate surface area is 168 Å². The van der Waals surface area contributed by atoms with Gasteiger partial charge in [-0.25, -0.2) is 0 Å². The van der Waals surface area contributed by atoms with Crippen LogP contribution in [0.25, 0.3) is 0 Å². The normalized spacial score (nSPS) is 31.7. The van der Waals surface area contributed by atoms with Crippen LogP contribution in [-0.2, 0) is 15.6 Å². The molecule has 3 heteroatoms. The summed E-state index contributed by atoms with van der Waals surface area (Å²) >= 11 is 3.80. The maximum Gasteiger partial charge on any atom is 0.188 e. The highest BCUT2D eigenvalue weighted by molar-refractivity contribution is 9.10. The zero-order chi connectivity index (χ0) is 19.1. The lowest BCUT2D eigenvalue weighted by Gasteiger charge is -2.48. The van der Waals surface area contributed by atoms with Crippen molar-refractivity contribution in [1.82, 2.24) is 0 Å². The molecule has 2 atom stereocenters. The highest BCUT2D eigenvalue weighted by Crippen LogP contribution is 2.54. The van der Waals surface area contributed by atoms with E-state index in [-0.39, 0.29) is 10.8 Å². The zero-order valence-electron chi connectivity index (χ0n) is 17.3.